The highest BCUT2D eigenvalue weighted by molar-refractivity contribution is 5.81. The largest absolute Gasteiger partial charge is 0.416 e. The van der Waals surface area contributed by atoms with Gasteiger partial charge in [0.2, 0.25) is 0 Å². The second kappa shape index (κ2) is 4.54. The van der Waals surface area contributed by atoms with Crippen molar-refractivity contribution in [3.63, 3.8) is 0 Å². The van der Waals surface area contributed by atoms with Crippen LogP contribution in [0.4, 0.5) is 26.3 Å². The van der Waals surface area contributed by atoms with E-state index in [0.717, 1.165) is 0 Å². The maximum Gasteiger partial charge on any atom is 0.416 e. The van der Waals surface area contributed by atoms with Crippen molar-refractivity contribution in [2.75, 3.05) is 6.54 Å². The van der Waals surface area contributed by atoms with Crippen LogP contribution in [0.1, 0.15) is 23.6 Å². The fourth-order valence-corrected chi connectivity index (χ4v) is 2.04. The van der Waals surface area contributed by atoms with Crippen molar-refractivity contribution in [3.05, 3.63) is 34.9 Å². The van der Waals surface area contributed by atoms with E-state index >= 15 is 0 Å². The van der Waals surface area contributed by atoms with Gasteiger partial charge in [-0.25, -0.2) is 0 Å². The van der Waals surface area contributed by atoms with Crippen LogP contribution in [0.3, 0.4) is 0 Å². The van der Waals surface area contributed by atoms with Crippen molar-refractivity contribution in [1.29, 1.82) is 0 Å². The van der Waals surface area contributed by atoms with E-state index in [4.69, 9.17) is 5.73 Å². The first-order valence-electron chi connectivity index (χ1n) is 5.80. The summed E-state index contributed by atoms with van der Waals surface area (Å²) in [6, 6.07) is 1.44. The molecule has 2 rings (SSSR count). The molecule has 0 radical (unpaired) electrons. The van der Waals surface area contributed by atoms with E-state index in [2.05, 4.69) is 10.3 Å². The molecule has 1 aliphatic rings. The Balaban J connectivity index is 2.56. The highest BCUT2D eigenvalue weighted by Gasteiger charge is 2.40. The summed E-state index contributed by atoms with van der Waals surface area (Å²) < 4.78 is 76.7. The first-order valence-corrected chi connectivity index (χ1v) is 5.80. The molecule has 1 aromatic rings. The number of nitrogens with zero attached hydrogens (tertiary/aromatic N) is 1. The Kier molecular flexibility index (Phi) is 3.34. The SMILES string of the molecule is CC1(c2cc(C(F)(F)F)cc(C(F)(F)F)c2)CN=C(N)N1. The first-order chi connectivity index (χ1) is 9.42. The van der Waals surface area contributed by atoms with Gasteiger partial charge >= 0.3 is 12.4 Å². The van der Waals surface area contributed by atoms with Gasteiger partial charge in [0.1, 0.15) is 0 Å². The molecule has 1 aromatic carbocycles. The summed E-state index contributed by atoms with van der Waals surface area (Å²) in [4.78, 5) is 3.77. The van der Waals surface area contributed by atoms with Crippen LogP contribution >= 0.6 is 0 Å². The Morgan fingerprint density at radius 2 is 1.52 bits per heavy atom. The van der Waals surface area contributed by atoms with Crippen LogP contribution in [0.15, 0.2) is 23.2 Å². The number of benzene rings is 1. The van der Waals surface area contributed by atoms with E-state index < -0.39 is 29.0 Å². The minimum Gasteiger partial charge on any atom is -0.370 e. The molecule has 9 heteroatoms. The maximum absolute atomic E-state index is 12.8. The topological polar surface area (TPSA) is 50.4 Å². The quantitative estimate of drug-likeness (QED) is 0.784. The van der Waals surface area contributed by atoms with E-state index in [1.165, 1.54) is 6.92 Å². The summed E-state index contributed by atoms with van der Waals surface area (Å²) in [6.45, 7) is 1.39. The monoisotopic (exact) mass is 311 g/mol. The average molecular weight is 311 g/mol. The number of guanidine groups is 1. The molecule has 3 nitrogen and oxygen atoms in total. The number of aliphatic imine (C=N–C) groups is 1. The third kappa shape index (κ3) is 3.06. The van der Waals surface area contributed by atoms with E-state index in [1.807, 2.05) is 0 Å². The van der Waals surface area contributed by atoms with E-state index in [-0.39, 0.29) is 24.1 Å². The summed E-state index contributed by atoms with van der Waals surface area (Å²) in [6.07, 6.45) is -9.76. The zero-order valence-corrected chi connectivity index (χ0v) is 10.7. The third-order valence-corrected chi connectivity index (χ3v) is 3.19. The van der Waals surface area contributed by atoms with Gasteiger partial charge in [0.05, 0.1) is 23.2 Å². The fraction of sp³-hybridized carbons (Fsp3) is 0.417. The molecule has 0 spiro atoms. The van der Waals surface area contributed by atoms with Crippen molar-refractivity contribution in [2.24, 2.45) is 10.7 Å². The molecule has 0 saturated heterocycles. The lowest BCUT2D eigenvalue weighted by molar-refractivity contribution is -0.143. The van der Waals surface area contributed by atoms with Crippen LogP contribution in [0, 0.1) is 0 Å². The van der Waals surface area contributed by atoms with Gasteiger partial charge in [-0.1, -0.05) is 0 Å². The lowest BCUT2D eigenvalue weighted by Crippen LogP contribution is -2.43. The molecule has 21 heavy (non-hydrogen) atoms. The second-order valence-electron chi connectivity index (χ2n) is 4.95. The number of hydrogen-bond donors (Lipinski definition) is 2. The van der Waals surface area contributed by atoms with Crippen LogP contribution < -0.4 is 11.1 Å². The zero-order valence-electron chi connectivity index (χ0n) is 10.7. The maximum atomic E-state index is 12.8. The summed E-state index contributed by atoms with van der Waals surface area (Å²) >= 11 is 0. The predicted octanol–water partition coefficient (Wildman–Crippen LogP) is 2.86. The zero-order chi connectivity index (χ0) is 16.1. The summed E-state index contributed by atoms with van der Waals surface area (Å²) in [7, 11) is 0. The van der Waals surface area contributed by atoms with E-state index in [0.29, 0.717) is 12.1 Å². The molecule has 1 aliphatic heterocycles. The van der Waals surface area contributed by atoms with E-state index in [1.54, 1.807) is 0 Å². The highest BCUT2D eigenvalue weighted by Crippen LogP contribution is 2.38. The third-order valence-electron chi connectivity index (χ3n) is 3.19. The van der Waals surface area contributed by atoms with Crippen LogP contribution in [0.25, 0.3) is 0 Å². The minimum absolute atomic E-state index is 0.0246. The second-order valence-corrected chi connectivity index (χ2v) is 4.95. The standard InChI is InChI=1S/C12H11F6N3/c1-10(5-20-9(19)21-10)6-2-7(11(13,14)15)4-8(3-6)12(16,17)18/h2-4H,5H2,1H3,(H3,19,20,21). The summed E-state index contributed by atoms with van der Waals surface area (Å²) in [5.74, 6) is -0.0246. The first kappa shape index (κ1) is 15.5. The van der Waals surface area contributed by atoms with Crippen molar-refractivity contribution in [2.45, 2.75) is 24.8 Å². The van der Waals surface area contributed by atoms with E-state index in [9.17, 15) is 26.3 Å². The van der Waals surface area contributed by atoms with Gasteiger partial charge in [0.15, 0.2) is 5.96 Å². The molecule has 116 valence electrons. The summed E-state index contributed by atoms with van der Waals surface area (Å²) in [5.41, 5.74) is 1.29. The lowest BCUT2D eigenvalue weighted by atomic mass is 9.89. The van der Waals surface area contributed by atoms with Gasteiger partial charge in [0, 0.05) is 0 Å². The van der Waals surface area contributed by atoms with Gasteiger partial charge in [-0.05, 0) is 30.7 Å². The van der Waals surface area contributed by atoms with Crippen LogP contribution in [0.5, 0.6) is 0 Å². The van der Waals surface area contributed by atoms with Crippen LogP contribution in [-0.2, 0) is 17.9 Å². The molecular formula is C12H11F6N3. The Morgan fingerprint density at radius 3 is 1.86 bits per heavy atom. The van der Waals surface area contributed by atoms with Gasteiger partial charge in [0.25, 0.3) is 0 Å². The molecule has 0 aromatic heterocycles. The molecule has 0 saturated carbocycles. The van der Waals surface area contributed by atoms with Gasteiger partial charge in [-0.3, -0.25) is 4.99 Å². The van der Waals surface area contributed by atoms with Crippen molar-refractivity contribution >= 4 is 5.96 Å². The van der Waals surface area contributed by atoms with Gasteiger partial charge in [-0.2, -0.15) is 26.3 Å². The Bertz CT molecular complexity index is 557. The molecule has 0 fully saturated rings. The normalized spacial score (nSPS) is 22.9. The number of halogens is 6. The molecular weight excluding hydrogens is 300 g/mol. The highest BCUT2D eigenvalue weighted by atomic mass is 19.4. The van der Waals surface area contributed by atoms with Crippen LogP contribution in [0.2, 0.25) is 0 Å². The Hall–Kier alpha value is -1.93. The average Bonchev–Trinajstić information content (AvgIpc) is 2.68. The molecule has 3 N–H and O–H groups in total. The van der Waals surface area contributed by atoms with Crippen molar-refractivity contribution < 1.29 is 26.3 Å². The smallest absolute Gasteiger partial charge is 0.370 e. The van der Waals surface area contributed by atoms with Crippen LogP contribution in [-0.4, -0.2) is 12.5 Å². The number of alkyl halides is 6. The van der Waals surface area contributed by atoms with Gasteiger partial charge in [-0.15, -0.1) is 0 Å². The predicted molar refractivity (Wildman–Crippen MR) is 63.4 cm³/mol. The number of hydrogen-bond acceptors (Lipinski definition) is 3. The van der Waals surface area contributed by atoms with Gasteiger partial charge < -0.3 is 11.1 Å². The van der Waals surface area contributed by atoms with Crippen molar-refractivity contribution in [1.82, 2.24) is 5.32 Å². The fourth-order valence-electron chi connectivity index (χ4n) is 2.04. The molecule has 0 amide bonds. The molecule has 1 atom stereocenters. The molecule has 1 heterocycles. The number of nitrogens with one attached hydrogen (secondary N) is 1. The minimum atomic E-state index is -4.88. The molecule has 0 aliphatic carbocycles. The number of nitrogens with two attached hydrogens (primary N) is 1. The Labute approximate surface area is 115 Å². The number of rotatable bonds is 1. The molecule has 1 unspecified atom stereocenters. The van der Waals surface area contributed by atoms with Crippen molar-refractivity contribution in [3.8, 4) is 0 Å². The summed E-state index contributed by atoms with van der Waals surface area (Å²) in [5, 5.41) is 2.60. The lowest BCUT2D eigenvalue weighted by Gasteiger charge is -2.26. The molecule has 0 bridgehead atoms. The Morgan fingerprint density at radius 1 is 1.05 bits per heavy atom.